The van der Waals surface area contributed by atoms with Gasteiger partial charge in [-0.25, -0.2) is 4.79 Å². The average Bonchev–Trinajstić information content (AvgIpc) is 2.27. The zero-order valence-corrected chi connectivity index (χ0v) is 11.1. The summed E-state index contributed by atoms with van der Waals surface area (Å²) in [7, 11) is 1.31. The molecule has 0 saturated carbocycles. The van der Waals surface area contributed by atoms with Gasteiger partial charge in [-0.1, -0.05) is 15.9 Å². The predicted molar refractivity (Wildman–Crippen MR) is 62.8 cm³/mol. The molecule has 0 radical (unpaired) electrons. The summed E-state index contributed by atoms with van der Waals surface area (Å²) in [5.41, 5.74) is 1.50. The van der Waals surface area contributed by atoms with Crippen LogP contribution in [-0.4, -0.2) is 13.1 Å². The predicted octanol–water partition coefficient (Wildman–Crippen LogP) is 3.00. The van der Waals surface area contributed by atoms with Crippen molar-refractivity contribution < 1.29 is 9.53 Å². The van der Waals surface area contributed by atoms with Crippen LogP contribution in [0.3, 0.4) is 0 Å². The zero-order chi connectivity index (χ0) is 11.4. The molecule has 0 amide bonds. The molecule has 1 aromatic carbocycles. The van der Waals surface area contributed by atoms with Crippen molar-refractivity contribution >= 4 is 37.8 Å². The highest BCUT2D eigenvalue weighted by Crippen LogP contribution is 2.26. The smallest absolute Gasteiger partial charge is 0.339 e. The van der Waals surface area contributed by atoms with E-state index >= 15 is 0 Å². The Bertz CT molecular complexity index is 438. The van der Waals surface area contributed by atoms with Gasteiger partial charge in [-0.2, -0.15) is 5.26 Å². The molecule has 1 rings (SSSR count). The molecule has 0 unspecified atom stereocenters. The highest BCUT2D eigenvalue weighted by molar-refractivity contribution is 9.10. The van der Waals surface area contributed by atoms with E-state index in [4.69, 9.17) is 5.26 Å². The maximum Gasteiger partial charge on any atom is 0.339 e. The second-order valence-electron chi connectivity index (χ2n) is 2.69. The van der Waals surface area contributed by atoms with Crippen molar-refractivity contribution in [3.63, 3.8) is 0 Å². The number of nitriles is 1. The van der Waals surface area contributed by atoms with Gasteiger partial charge in [0.15, 0.2) is 0 Å². The minimum absolute atomic E-state index is 0.397. The van der Waals surface area contributed by atoms with Crippen molar-refractivity contribution in [2.24, 2.45) is 0 Å². The van der Waals surface area contributed by atoms with Crippen LogP contribution >= 0.6 is 31.9 Å². The van der Waals surface area contributed by atoms with Crippen molar-refractivity contribution in [1.82, 2.24) is 0 Å². The van der Waals surface area contributed by atoms with Gasteiger partial charge in [0.25, 0.3) is 0 Å². The van der Waals surface area contributed by atoms with E-state index in [9.17, 15) is 4.79 Å². The largest absolute Gasteiger partial charge is 0.465 e. The fraction of sp³-hybridized carbons (Fsp3) is 0.200. The van der Waals surface area contributed by atoms with Crippen LogP contribution in [0.15, 0.2) is 16.6 Å². The van der Waals surface area contributed by atoms with Crippen LogP contribution in [0.5, 0.6) is 0 Å². The van der Waals surface area contributed by atoms with E-state index in [1.807, 2.05) is 6.07 Å². The van der Waals surface area contributed by atoms with E-state index in [2.05, 4.69) is 36.6 Å². The molecule has 0 bridgehead atoms. The maximum absolute atomic E-state index is 11.5. The maximum atomic E-state index is 11.5. The first-order valence-corrected chi connectivity index (χ1v) is 5.93. The number of nitrogens with zero attached hydrogens (tertiary/aromatic N) is 1. The SMILES string of the molecule is COC(=O)c1c(Br)ccc(C#N)c1CBr. The van der Waals surface area contributed by atoms with Gasteiger partial charge in [0.05, 0.1) is 24.3 Å². The Kier molecular flexibility index (Phi) is 4.30. The van der Waals surface area contributed by atoms with E-state index in [-0.39, 0.29) is 0 Å². The van der Waals surface area contributed by atoms with Crippen LogP contribution in [0.2, 0.25) is 0 Å². The normalized spacial score (nSPS) is 9.47. The number of methoxy groups -OCH3 is 1. The Morgan fingerprint density at radius 1 is 1.60 bits per heavy atom. The molecule has 0 fully saturated rings. The quantitative estimate of drug-likeness (QED) is 0.618. The number of halogens is 2. The van der Waals surface area contributed by atoms with E-state index in [1.165, 1.54) is 7.11 Å². The molecule has 0 aliphatic carbocycles. The summed E-state index contributed by atoms with van der Waals surface area (Å²) < 4.78 is 5.29. The number of benzene rings is 1. The molecular formula is C10H7Br2NO2. The van der Waals surface area contributed by atoms with Crippen molar-refractivity contribution in [1.29, 1.82) is 5.26 Å². The number of carbonyl (C=O) groups excluding carboxylic acids is 1. The van der Waals surface area contributed by atoms with E-state index in [1.54, 1.807) is 12.1 Å². The Balaban J connectivity index is 3.47. The topological polar surface area (TPSA) is 50.1 Å². The molecule has 0 aromatic heterocycles. The minimum atomic E-state index is -0.451. The summed E-state index contributed by atoms with van der Waals surface area (Å²) in [6.45, 7) is 0. The summed E-state index contributed by atoms with van der Waals surface area (Å²) in [5.74, 6) is -0.451. The summed E-state index contributed by atoms with van der Waals surface area (Å²) in [6, 6.07) is 5.36. The highest BCUT2D eigenvalue weighted by Gasteiger charge is 2.18. The van der Waals surface area contributed by atoms with Crippen LogP contribution in [0.1, 0.15) is 21.5 Å². The van der Waals surface area contributed by atoms with Crippen LogP contribution < -0.4 is 0 Å². The molecule has 0 aliphatic heterocycles. The van der Waals surface area contributed by atoms with Crippen molar-refractivity contribution in [2.45, 2.75) is 5.33 Å². The molecule has 1 aromatic rings. The molecule has 3 nitrogen and oxygen atoms in total. The van der Waals surface area contributed by atoms with Gasteiger partial charge in [-0.05, 0) is 33.6 Å². The lowest BCUT2D eigenvalue weighted by Crippen LogP contribution is -2.07. The van der Waals surface area contributed by atoms with Gasteiger partial charge in [0, 0.05) is 9.80 Å². The third-order valence-electron chi connectivity index (χ3n) is 1.91. The fourth-order valence-corrected chi connectivity index (χ4v) is 2.30. The van der Waals surface area contributed by atoms with Gasteiger partial charge in [-0.15, -0.1) is 0 Å². The minimum Gasteiger partial charge on any atom is -0.465 e. The number of rotatable bonds is 2. The van der Waals surface area contributed by atoms with Crippen LogP contribution in [0.25, 0.3) is 0 Å². The Labute approximate surface area is 104 Å². The first kappa shape index (κ1) is 12.2. The second-order valence-corrected chi connectivity index (χ2v) is 4.10. The fourth-order valence-electron chi connectivity index (χ4n) is 1.19. The number of ether oxygens (including phenoxy) is 1. The molecule has 0 spiro atoms. The number of alkyl halides is 1. The van der Waals surface area contributed by atoms with Crippen molar-refractivity contribution in [3.8, 4) is 6.07 Å². The van der Waals surface area contributed by atoms with Gasteiger partial charge >= 0.3 is 5.97 Å². The van der Waals surface area contributed by atoms with Crippen molar-refractivity contribution in [2.75, 3.05) is 7.11 Å². The third-order valence-corrected chi connectivity index (χ3v) is 3.13. The first-order valence-electron chi connectivity index (χ1n) is 4.01. The third kappa shape index (κ3) is 2.39. The van der Waals surface area contributed by atoms with E-state index < -0.39 is 5.97 Å². The molecule has 0 aliphatic rings. The lowest BCUT2D eigenvalue weighted by atomic mass is 10.0. The Morgan fingerprint density at radius 3 is 2.73 bits per heavy atom. The first-order chi connectivity index (χ1) is 7.15. The summed E-state index contributed by atoms with van der Waals surface area (Å²) in [4.78, 5) is 11.5. The molecular weight excluding hydrogens is 326 g/mol. The van der Waals surface area contributed by atoms with Crippen LogP contribution in [0, 0.1) is 11.3 Å². The summed E-state index contributed by atoms with van der Waals surface area (Å²) in [5, 5.41) is 9.31. The van der Waals surface area contributed by atoms with E-state index in [0.717, 1.165) is 0 Å². The number of hydrogen-bond donors (Lipinski definition) is 0. The molecule has 0 saturated heterocycles. The zero-order valence-electron chi connectivity index (χ0n) is 7.88. The molecule has 0 N–H and O–H groups in total. The summed E-state index contributed by atoms with van der Waals surface area (Å²) in [6.07, 6.45) is 0. The molecule has 78 valence electrons. The molecule has 15 heavy (non-hydrogen) atoms. The Hall–Kier alpha value is -0.860. The van der Waals surface area contributed by atoms with Gasteiger partial charge in [0.1, 0.15) is 0 Å². The highest BCUT2D eigenvalue weighted by atomic mass is 79.9. The number of hydrogen-bond acceptors (Lipinski definition) is 3. The van der Waals surface area contributed by atoms with Gasteiger partial charge in [-0.3, -0.25) is 0 Å². The van der Waals surface area contributed by atoms with Crippen LogP contribution in [-0.2, 0) is 10.1 Å². The standard InChI is InChI=1S/C10H7Br2NO2/c1-15-10(14)9-7(4-11)6(5-13)2-3-8(9)12/h2-3H,4H2,1H3. The summed E-state index contributed by atoms with van der Waals surface area (Å²) >= 11 is 6.51. The van der Waals surface area contributed by atoms with Crippen LogP contribution in [0.4, 0.5) is 0 Å². The van der Waals surface area contributed by atoms with Crippen molar-refractivity contribution in [3.05, 3.63) is 33.3 Å². The van der Waals surface area contributed by atoms with E-state index in [0.29, 0.717) is 26.5 Å². The molecule has 0 heterocycles. The Morgan fingerprint density at radius 2 is 2.27 bits per heavy atom. The second kappa shape index (κ2) is 5.29. The molecule has 0 atom stereocenters. The molecule has 5 heteroatoms. The number of carbonyl (C=O) groups is 1. The van der Waals surface area contributed by atoms with Gasteiger partial charge in [0.2, 0.25) is 0 Å². The lowest BCUT2D eigenvalue weighted by molar-refractivity contribution is 0.0598. The number of esters is 1. The lowest BCUT2D eigenvalue weighted by Gasteiger charge is -2.09. The average molecular weight is 333 g/mol. The monoisotopic (exact) mass is 331 g/mol. The van der Waals surface area contributed by atoms with Gasteiger partial charge < -0.3 is 4.74 Å².